The average molecular weight is 236 g/mol. The molecule has 0 aromatic carbocycles. The molecule has 2 aromatic heterocycles. The predicted octanol–water partition coefficient (Wildman–Crippen LogP) is 2.51. The van der Waals surface area contributed by atoms with Crippen molar-refractivity contribution in [3.05, 3.63) is 11.4 Å². The van der Waals surface area contributed by atoms with Crippen LogP contribution in [0.2, 0.25) is 0 Å². The largest absolute Gasteiger partial charge is 0.368 e. The van der Waals surface area contributed by atoms with Gasteiger partial charge in [-0.3, -0.25) is 0 Å². The van der Waals surface area contributed by atoms with Crippen LogP contribution in [0.15, 0.2) is 11.4 Å². The standard InChI is InChI=1S/C11H16N4S/c1-3-4-6-15(2)9-8-5-7-16-10(8)14-11(12)13-9/h5,7H,3-4,6H2,1-2H3,(H2,12,13,14). The van der Waals surface area contributed by atoms with Gasteiger partial charge in [-0.05, 0) is 17.9 Å². The van der Waals surface area contributed by atoms with Crippen molar-refractivity contribution in [2.45, 2.75) is 19.8 Å². The second-order valence-corrected chi connectivity index (χ2v) is 4.71. The number of thiophene rings is 1. The van der Waals surface area contributed by atoms with Crippen LogP contribution in [0.1, 0.15) is 19.8 Å². The summed E-state index contributed by atoms with van der Waals surface area (Å²) in [6.45, 7) is 3.18. The normalized spacial score (nSPS) is 10.9. The van der Waals surface area contributed by atoms with E-state index in [1.54, 1.807) is 11.3 Å². The summed E-state index contributed by atoms with van der Waals surface area (Å²) in [5.41, 5.74) is 5.71. The van der Waals surface area contributed by atoms with Crippen molar-refractivity contribution < 1.29 is 0 Å². The van der Waals surface area contributed by atoms with E-state index in [1.807, 2.05) is 5.38 Å². The van der Waals surface area contributed by atoms with Crippen LogP contribution in [-0.2, 0) is 0 Å². The van der Waals surface area contributed by atoms with E-state index in [2.05, 4.69) is 34.9 Å². The van der Waals surface area contributed by atoms with Crippen LogP contribution in [0, 0.1) is 0 Å². The smallest absolute Gasteiger partial charge is 0.223 e. The van der Waals surface area contributed by atoms with Crippen LogP contribution in [0.5, 0.6) is 0 Å². The first kappa shape index (κ1) is 11.1. The van der Waals surface area contributed by atoms with Crippen molar-refractivity contribution in [3.8, 4) is 0 Å². The van der Waals surface area contributed by atoms with Gasteiger partial charge in [-0.15, -0.1) is 11.3 Å². The monoisotopic (exact) mass is 236 g/mol. The number of nitrogens with zero attached hydrogens (tertiary/aromatic N) is 3. The summed E-state index contributed by atoms with van der Waals surface area (Å²) < 4.78 is 0. The number of nitrogens with two attached hydrogens (primary N) is 1. The van der Waals surface area contributed by atoms with Crippen molar-refractivity contribution in [2.24, 2.45) is 0 Å². The van der Waals surface area contributed by atoms with E-state index in [4.69, 9.17) is 5.73 Å². The summed E-state index contributed by atoms with van der Waals surface area (Å²) in [5, 5.41) is 3.12. The minimum absolute atomic E-state index is 0.355. The molecule has 0 bridgehead atoms. The number of anilines is 2. The zero-order valence-corrected chi connectivity index (χ0v) is 10.4. The third kappa shape index (κ3) is 2.09. The average Bonchev–Trinajstić information content (AvgIpc) is 2.72. The maximum atomic E-state index is 5.71. The zero-order valence-electron chi connectivity index (χ0n) is 9.60. The molecule has 0 saturated heterocycles. The fourth-order valence-electron chi connectivity index (χ4n) is 1.65. The SMILES string of the molecule is CCCCN(C)c1nc(N)nc2sccc12. The molecule has 0 atom stereocenters. The molecular weight excluding hydrogens is 220 g/mol. The van der Waals surface area contributed by atoms with E-state index in [0.29, 0.717) is 5.95 Å². The first-order chi connectivity index (χ1) is 7.72. The van der Waals surface area contributed by atoms with Gasteiger partial charge in [-0.25, -0.2) is 4.98 Å². The minimum Gasteiger partial charge on any atom is -0.368 e. The van der Waals surface area contributed by atoms with E-state index in [0.717, 1.165) is 29.0 Å². The van der Waals surface area contributed by atoms with Crippen LogP contribution in [0.4, 0.5) is 11.8 Å². The highest BCUT2D eigenvalue weighted by Crippen LogP contribution is 2.27. The summed E-state index contributed by atoms with van der Waals surface area (Å²) >= 11 is 1.60. The first-order valence-corrected chi connectivity index (χ1v) is 6.32. The van der Waals surface area contributed by atoms with Crippen LogP contribution in [0.25, 0.3) is 10.2 Å². The van der Waals surface area contributed by atoms with Gasteiger partial charge in [0.1, 0.15) is 10.6 Å². The van der Waals surface area contributed by atoms with Gasteiger partial charge in [0.15, 0.2) is 0 Å². The molecule has 2 rings (SSSR count). The van der Waals surface area contributed by atoms with Gasteiger partial charge in [-0.1, -0.05) is 13.3 Å². The lowest BCUT2D eigenvalue weighted by molar-refractivity contribution is 0.761. The number of nitrogen functional groups attached to an aromatic ring is 1. The number of aromatic nitrogens is 2. The molecule has 0 amide bonds. The molecule has 0 unspecified atom stereocenters. The highest BCUT2D eigenvalue weighted by molar-refractivity contribution is 7.16. The van der Waals surface area contributed by atoms with Crippen molar-refractivity contribution in [3.63, 3.8) is 0 Å². The highest BCUT2D eigenvalue weighted by Gasteiger charge is 2.10. The minimum atomic E-state index is 0.355. The number of unbranched alkanes of at least 4 members (excludes halogenated alkanes) is 1. The van der Waals surface area contributed by atoms with Crippen LogP contribution in [0.3, 0.4) is 0 Å². The summed E-state index contributed by atoms with van der Waals surface area (Å²) in [6.07, 6.45) is 2.34. The van der Waals surface area contributed by atoms with Gasteiger partial charge in [0, 0.05) is 13.6 Å². The fourth-order valence-corrected chi connectivity index (χ4v) is 2.41. The Kier molecular flexibility index (Phi) is 3.24. The maximum Gasteiger partial charge on any atom is 0.223 e. The van der Waals surface area contributed by atoms with E-state index < -0.39 is 0 Å². The molecule has 0 aliphatic carbocycles. The predicted molar refractivity (Wildman–Crippen MR) is 70.0 cm³/mol. The molecule has 2 heterocycles. The molecule has 0 aliphatic rings. The number of fused-ring (bicyclic) bond motifs is 1. The lowest BCUT2D eigenvalue weighted by Gasteiger charge is -2.18. The Morgan fingerprint density at radius 2 is 2.25 bits per heavy atom. The molecule has 2 aromatic rings. The molecule has 0 radical (unpaired) electrons. The van der Waals surface area contributed by atoms with Gasteiger partial charge in [0.25, 0.3) is 0 Å². The molecule has 0 aliphatic heterocycles. The molecule has 0 fully saturated rings. The first-order valence-electron chi connectivity index (χ1n) is 5.44. The molecule has 16 heavy (non-hydrogen) atoms. The summed E-state index contributed by atoms with van der Waals surface area (Å²) in [7, 11) is 2.05. The lowest BCUT2D eigenvalue weighted by atomic mass is 10.3. The molecule has 86 valence electrons. The Bertz CT molecular complexity index is 480. The van der Waals surface area contributed by atoms with Gasteiger partial charge in [0.05, 0.1) is 5.39 Å². The van der Waals surface area contributed by atoms with E-state index in [1.165, 1.54) is 6.42 Å². The molecule has 0 saturated carbocycles. The summed E-state index contributed by atoms with van der Waals surface area (Å²) in [5.74, 6) is 1.30. The Labute approximate surface area is 99.1 Å². The molecule has 2 N–H and O–H groups in total. The van der Waals surface area contributed by atoms with E-state index >= 15 is 0 Å². The quantitative estimate of drug-likeness (QED) is 0.886. The Balaban J connectivity index is 2.38. The van der Waals surface area contributed by atoms with Crippen LogP contribution < -0.4 is 10.6 Å². The van der Waals surface area contributed by atoms with Crippen molar-refractivity contribution >= 4 is 33.3 Å². The van der Waals surface area contributed by atoms with E-state index in [-0.39, 0.29) is 0 Å². The molecular formula is C11H16N4S. The number of rotatable bonds is 4. The second-order valence-electron chi connectivity index (χ2n) is 3.82. The van der Waals surface area contributed by atoms with Crippen molar-refractivity contribution in [1.29, 1.82) is 0 Å². The van der Waals surface area contributed by atoms with E-state index in [9.17, 15) is 0 Å². The topological polar surface area (TPSA) is 55.0 Å². The second kappa shape index (κ2) is 4.65. The van der Waals surface area contributed by atoms with Gasteiger partial charge < -0.3 is 10.6 Å². The Morgan fingerprint density at radius 1 is 1.44 bits per heavy atom. The van der Waals surface area contributed by atoms with Gasteiger partial charge in [0.2, 0.25) is 5.95 Å². The van der Waals surface area contributed by atoms with Crippen LogP contribution >= 0.6 is 11.3 Å². The van der Waals surface area contributed by atoms with Crippen LogP contribution in [-0.4, -0.2) is 23.6 Å². The third-order valence-corrected chi connectivity index (χ3v) is 3.34. The zero-order chi connectivity index (χ0) is 11.5. The lowest BCUT2D eigenvalue weighted by Crippen LogP contribution is -2.20. The third-order valence-electron chi connectivity index (χ3n) is 2.53. The maximum absolute atomic E-state index is 5.71. The summed E-state index contributed by atoms with van der Waals surface area (Å²) in [4.78, 5) is 11.7. The van der Waals surface area contributed by atoms with Crippen molar-refractivity contribution in [2.75, 3.05) is 24.2 Å². The highest BCUT2D eigenvalue weighted by atomic mass is 32.1. The van der Waals surface area contributed by atoms with Crippen molar-refractivity contribution in [1.82, 2.24) is 9.97 Å². The summed E-state index contributed by atoms with van der Waals surface area (Å²) in [6, 6.07) is 2.05. The molecule has 4 nitrogen and oxygen atoms in total. The van der Waals surface area contributed by atoms with Gasteiger partial charge in [-0.2, -0.15) is 4.98 Å². The fraction of sp³-hybridized carbons (Fsp3) is 0.455. The molecule has 0 spiro atoms. The van der Waals surface area contributed by atoms with Gasteiger partial charge >= 0.3 is 0 Å². The number of hydrogen-bond acceptors (Lipinski definition) is 5. The Hall–Kier alpha value is -1.36. The Morgan fingerprint density at radius 3 is 3.00 bits per heavy atom. The molecule has 5 heteroatoms. The number of hydrogen-bond donors (Lipinski definition) is 1.